The van der Waals surface area contributed by atoms with Crippen LogP contribution in [-0.4, -0.2) is 17.0 Å². The molecule has 3 aromatic carbocycles. The van der Waals surface area contributed by atoms with Gasteiger partial charge >= 0.3 is 0 Å². The molecule has 124 valence electrons. The van der Waals surface area contributed by atoms with Gasteiger partial charge in [-0.1, -0.05) is 41.9 Å². The molecule has 7 heteroatoms. The van der Waals surface area contributed by atoms with Gasteiger partial charge in [-0.15, -0.1) is 0 Å². The zero-order valence-electron chi connectivity index (χ0n) is 12.8. The molecule has 3 aromatic rings. The van der Waals surface area contributed by atoms with E-state index in [1.165, 1.54) is 24.4 Å². The Labute approximate surface area is 147 Å². The zero-order chi connectivity index (χ0) is 17.8. The van der Waals surface area contributed by atoms with Crippen molar-refractivity contribution in [1.29, 1.82) is 0 Å². The highest BCUT2D eigenvalue weighted by Gasteiger charge is 2.09. The minimum absolute atomic E-state index is 0.105. The van der Waals surface area contributed by atoms with Crippen molar-refractivity contribution >= 4 is 40.2 Å². The van der Waals surface area contributed by atoms with E-state index in [1.807, 2.05) is 30.3 Å². The molecule has 1 N–H and O–H groups in total. The van der Waals surface area contributed by atoms with Crippen molar-refractivity contribution in [3.8, 4) is 0 Å². The second-order valence-electron chi connectivity index (χ2n) is 5.22. The maximum absolute atomic E-state index is 12.2. The van der Waals surface area contributed by atoms with Gasteiger partial charge in [0.25, 0.3) is 11.6 Å². The fraction of sp³-hybridized carbons (Fsp3) is 0. The number of amides is 1. The van der Waals surface area contributed by atoms with Crippen molar-refractivity contribution in [3.63, 3.8) is 0 Å². The van der Waals surface area contributed by atoms with Gasteiger partial charge < -0.3 is 0 Å². The Morgan fingerprint density at radius 3 is 2.60 bits per heavy atom. The van der Waals surface area contributed by atoms with Crippen molar-refractivity contribution in [3.05, 3.63) is 86.9 Å². The fourth-order valence-electron chi connectivity index (χ4n) is 2.30. The van der Waals surface area contributed by atoms with Gasteiger partial charge in [-0.25, -0.2) is 5.43 Å². The lowest BCUT2D eigenvalue weighted by Crippen LogP contribution is -2.17. The van der Waals surface area contributed by atoms with Crippen LogP contribution >= 0.6 is 11.6 Å². The van der Waals surface area contributed by atoms with E-state index in [0.29, 0.717) is 16.1 Å². The molecule has 25 heavy (non-hydrogen) atoms. The van der Waals surface area contributed by atoms with E-state index >= 15 is 0 Å². The number of carbonyl (C=O) groups excluding carboxylic acids is 1. The van der Waals surface area contributed by atoms with Crippen LogP contribution in [0.4, 0.5) is 5.69 Å². The largest absolute Gasteiger partial charge is 0.271 e. The molecule has 0 unspecified atom stereocenters. The highest BCUT2D eigenvalue weighted by Crippen LogP contribution is 2.20. The molecule has 3 rings (SSSR count). The predicted molar refractivity (Wildman–Crippen MR) is 97.1 cm³/mol. The smallest absolute Gasteiger partial charge is 0.267 e. The molecule has 0 aliphatic rings. The summed E-state index contributed by atoms with van der Waals surface area (Å²) < 4.78 is 0. The number of carbonyl (C=O) groups is 1. The number of fused-ring (bicyclic) bond motifs is 1. The number of nitro benzene ring substituents is 1. The van der Waals surface area contributed by atoms with Crippen LogP contribution in [0.1, 0.15) is 15.9 Å². The maximum atomic E-state index is 12.2. The number of non-ortho nitro benzene ring substituents is 1. The third kappa shape index (κ3) is 3.81. The normalized spacial score (nSPS) is 10.9. The first-order chi connectivity index (χ1) is 12.0. The lowest BCUT2D eigenvalue weighted by molar-refractivity contribution is -0.384. The molecule has 0 saturated carbocycles. The number of nitrogens with zero attached hydrogens (tertiary/aromatic N) is 2. The van der Waals surface area contributed by atoms with Crippen molar-refractivity contribution in [2.45, 2.75) is 0 Å². The number of hydrogen-bond donors (Lipinski definition) is 1. The molecular weight excluding hydrogens is 342 g/mol. The van der Waals surface area contributed by atoms with Gasteiger partial charge in [0.05, 0.1) is 11.1 Å². The molecule has 6 nitrogen and oxygen atoms in total. The Hall–Kier alpha value is -3.25. The highest BCUT2D eigenvalue weighted by molar-refractivity contribution is 6.33. The SMILES string of the molecule is O=C(N/N=C\c1cc([N+](=O)[O-])ccc1Cl)c1ccc2ccccc2c1. The van der Waals surface area contributed by atoms with E-state index in [-0.39, 0.29) is 11.6 Å². The number of hydrogen-bond acceptors (Lipinski definition) is 4. The van der Waals surface area contributed by atoms with Gasteiger partial charge in [-0.3, -0.25) is 14.9 Å². The van der Waals surface area contributed by atoms with Crippen LogP contribution in [0, 0.1) is 10.1 Å². The van der Waals surface area contributed by atoms with Gasteiger partial charge in [-0.05, 0) is 29.0 Å². The van der Waals surface area contributed by atoms with E-state index < -0.39 is 4.92 Å². The summed E-state index contributed by atoms with van der Waals surface area (Å²) in [6, 6.07) is 17.0. The molecule has 0 aromatic heterocycles. The van der Waals surface area contributed by atoms with Crippen LogP contribution in [0.3, 0.4) is 0 Å². The molecule has 0 aliphatic carbocycles. The molecule has 0 bridgehead atoms. The highest BCUT2D eigenvalue weighted by atomic mass is 35.5. The van der Waals surface area contributed by atoms with Crippen molar-refractivity contribution in [1.82, 2.24) is 5.43 Å². The van der Waals surface area contributed by atoms with Crippen LogP contribution in [0.15, 0.2) is 65.8 Å². The molecule has 0 fully saturated rings. The van der Waals surface area contributed by atoms with E-state index in [4.69, 9.17) is 11.6 Å². The van der Waals surface area contributed by atoms with Crippen molar-refractivity contribution < 1.29 is 9.72 Å². The zero-order valence-corrected chi connectivity index (χ0v) is 13.6. The Kier molecular flexibility index (Phi) is 4.72. The summed E-state index contributed by atoms with van der Waals surface area (Å²) in [5, 5.41) is 16.9. The molecule has 0 atom stereocenters. The second-order valence-corrected chi connectivity index (χ2v) is 5.63. The molecule has 0 heterocycles. The van der Waals surface area contributed by atoms with Crippen molar-refractivity contribution in [2.24, 2.45) is 5.10 Å². The van der Waals surface area contributed by atoms with Crippen LogP contribution in [0.2, 0.25) is 5.02 Å². The minimum atomic E-state index is -0.526. The van der Waals surface area contributed by atoms with Gasteiger partial charge in [0.2, 0.25) is 0 Å². The summed E-state index contributed by atoms with van der Waals surface area (Å²) in [7, 11) is 0. The summed E-state index contributed by atoms with van der Waals surface area (Å²) in [5.74, 6) is -0.386. The molecule has 1 amide bonds. The van der Waals surface area contributed by atoms with E-state index in [2.05, 4.69) is 10.5 Å². The third-order valence-corrected chi connectivity index (χ3v) is 3.92. The van der Waals surface area contributed by atoms with Gasteiger partial charge in [0.15, 0.2) is 0 Å². The average Bonchev–Trinajstić information content (AvgIpc) is 2.62. The van der Waals surface area contributed by atoms with Gasteiger partial charge in [0, 0.05) is 28.3 Å². The van der Waals surface area contributed by atoms with E-state index in [0.717, 1.165) is 10.8 Å². The van der Waals surface area contributed by atoms with Crippen LogP contribution in [0.5, 0.6) is 0 Å². The molecule has 0 aliphatic heterocycles. The molecule has 0 saturated heterocycles. The van der Waals surface area contributed by atoms with Crippen LogP contribution in [-0.2, 0) is 0 Å². The summed E-state index contributed by atoms with van der Waals surface area (Å²) in [4.78, 5) is 22.4. The number of nitro groups is 1. The Balaban J connectivity index is 1.76. The number of benzene rings is 3. The Morgan fingerprint density at radius 2 is 1.84 bits per heavy atom. The first-order valence-corrected chi connectivity index (χ1v) is 7.68. The quantitative estimate of drug-likeness (QED) is 0.434. The summed E-state index contributed by atoms with van der Waals surface area (Å²) in [5.41, 5.74) is 3.09. The number of nitrogens with one attached hydrogen (secondary N) is 1. The Bertz CT molecular complexity index is 1000. The number of halogens is 1. The fourth-order valence-corrected chi connectivity index (χ4v) is 2.47. The lowest BCUT2D eigenvalue weighted by Gasteiger charge is -2.03. The molecule has 0 radical (unpaired) electrons. The van der Waals surface area contributed by atoms with Gasteiger partial charge in [0.1, 0.15) is 0 Å². The number of hydrazone groups is 1. The number of rotatable bonds is 4. The van der Waals surface area contributed by atoms with E-state index in [9.17, 15) is 14.9 Å². The standard InChI is InChI=1S/C18H12ClN3O3/c19-17-8-7-16(22(24)25)10-15(17)11-20-21-18(23)14-6-5-12-3-1-2-4-13(12)9-14/h1-11H,(H,21,23)/b20-11-. The summed E-state index contributed by atoms with van der Waals surface area (Å²) in [6.07, 6.45) is 1.27. The Morgan fingerprint density at radius 1 is 1.08 bits per heavy atom. The third-order valence-electron chi connectivity index (χ3n) is 3.57. The second kappa shape index (κ2) is 7.11. The average molecular weight is 354 g/mol. The molecular formula is C18H12ClN3O3. The maximum Gasteiger partial charge on any atom is 0.271 e. The van der Waals surface area contributed by atoms with Crippen LogP contribution in [0.25, 0.3) is 10.8 Å². The predicted octanol–water partition coefficient (Wildman–Crippen LogP) is 4.17. The molecule has 0 spiro atoms. The summed E-state index contributed by atoms with van der Waals surface area (Å²) in [6.45, 7) is 0. The lowest BCUT2D eigenvalue weighted by atomic mass is 10.1. The van der Waals surface area contributed by atoms with Crippen molar-refractivity contribution in [2.75, 3.05) is 0 Å². The first kappa shape index (κ1) is 16.6. The van der Waals surface area contributed by atoms with E-state index in [1.54, 1.807) is 12.1 Å². The first-order valence-electron chi connectivity index (χ1n) is 7.31. The van der Waals surface area contributed by atoms with Gasteiger partial charge in [-0.2, -0.15) is 5.10 Å². The van der Waals surface area contributed by atoms with Crippen LogP contribution < -0.4 is 5.43 Å². The topological polar surface area (TPSA) is 84.6 Å². The summed E-state index contributed by atoms with van der Waals surface area (Å²) >= 11 is 5.97. The monoisotopic (exact) mass is 353 g/mol. The minimum Gasteiger partial charge on any atom is -0.267 e.